The minimum Gasteiger partial charge on any atom is -0.353 e. The second-order valence-corrected chi connectivity index (χ2v) is 6.10. The van der Waals surface area contributed by atoms with Crippen LogP contribution in [0, 0.1) is 5.92 Å². The van der Waals surface area contributed by atoms with Crippen LogP contribution in [0.25, 0.3) is 0 Å². The molecular weight excluding hydrogens is 238 g/mol. The van der Waals surface area contributed by atoms with Gasteiger partial charge in [0.2, 0.25) is 5.91 Å². The maximum atomic E-state index is 12.1. The predicted octanol–water partition coefficient (Wildman–Crippen LogP) is 1.74. The first-order valence-electron chi connectivity index (χ1n) is 7.79. The average Bonchev–Trinajstić information content (AvgIpc) is 2.39. The van der Waals surface area contributed by atoms with Gasteiger partial charge < -0.3 is 16.0 Å². The third-order valence-corrected chi connectivity index (χ3v) is 4.15. The van der Waals surface area contributed by atoms with Crippen molar-refractivity contribution in [2.45, 2.75) is 65.0 Å². The number of rotatable bonds is 7. The number of piperidine rings is 1. The molecule has 0 radical (unpaired) electrons. The summed E-state index contributed by atoms with van der Waals surface area (Å²) in [6.07, 6.45) is 5.19. The molecule has 1 fully saturated rings. The van der Waals surface area contributed by atoms with Crippen LogP contribution in [0.3, 0.4) is 0 Å². The van der Waals surface area contributed by atoms with Crippen molar-refractivity contribution in [1.82, 2.24) is 10.2 Å². The Morgan fingerprint density at radius 3 is 2.42 bits per heavy atom. The van der Waals surface area contributed by atoms with E-state index < -0.39 is 0 Å². The molecular formula is C15H31N3O. The van der Waals surface area contributed by atoms with Gasteiger partial charge in [0.05, 0.1) is 0 Å². The van der Waals surface area contributed by atoms with Crippen molar-refractivity contribution in [3.05, 3.63) is 0 Å². The summed E-state index contributed by atoms with van der Waals surface area (Å²) in [6.45, 7) is 9.42. The third-order valence-electron chi connectivity index (χ3n) is 4.15. The Morgan fingerprint density at radius 1 is 1.26 bits per heavy atom. The first-order chi connectivity index (χ1) is 9.04. The van der Waals surface area contributed by atoms with Gasteiger partial charge in [-0.2, -0.15) is 0 Å². The molecule has 1 saturated heterocycles. The molecule has 1 rings (SSSR count). The number of unbranched alkanes of at least 4 members (excludes halogenated alkanes) is 1. The molecule has 19 heavy (non-hydrogen) atoms. The van der Waals surface area contributed by atoms with Crippen LogP contribution in [-0.2, 0) is 4.79 Å². The number of carbonyl (C=O) groups is 1. The van der Waals surface area contributed by atoms with E-state index in [1.807, 2.05) is 6.92 Å². The molecule has 4 nitrogen and oxygen atoms in total. The number of nitrogens with zero attached hydrogens (tertiary/aromatic N) is 1. The SMILES string of the molecule is CC(C)N1CCC(NC(=O)[C@@H](C)CCCCN)CC1. The van der Waals surface area contributed by atoms with E-state index in [1.54, 1.807) is 0 Å². The van der Waals surface area contributed by atoms with Gasteiger partial charge in [0.1, 0.15) is 0 Å². The Bertz CT molecular complexity index is 260. The fourth-order valence-electron chi connectivity index (χ4n) is 2.63. The Kier molecular flexibility index (Phi) is 7.39. The minimum absolute atomic E-state index is 0.120. The van der Waals surface area contributed by atoms with Crippen molar-refractivity contribution in [3.8, 4) is 0 Å². The standard InChI is InChI=1S/C15H31N3O/c1-12(2)18-10-7-14(8-11-18)17-15(19)13(3)6-4-5-9-16/h12-14H,4-11,16H2,1-3H3,(H,17,19)/t13-/m0/s1. The maximum absolute atomic E-state index is 12.1. The molecule has 0 bridgehead atoms. The first kappa shape index (κ1) is 16.4. The number of hydrogen-bond acceptors (Lipinski definition) is 3. The van der Waals surface area contributed by atoms with Crippen LogP contribution in [0.15, 0.2) is 0 Å². The summed E-state index contributed by atoms with van der Waals surface area (Å²) >= 11 is 0. The number of hydrogen-bond donors (Lipinski definition) is 2. The van der Waals surface area contributed by atoms with Crippen molar-refractivity contribution >= 4 is 5.91 Å². The molecule has 1 amide bonds. The van der Waals surface area contributed by atoms with Crippen LogP contribution in [0.1, 0.15) is 52.9 Å². The van der Waals surface area contributed by atoms with Crippen LogP contribution in [0.5, 0.6) is 0 Å². The van der Waals surface area contributed by atoms with E-state index in [0.29, 0.717) is 12.1 Å². The Balaban J connectivity index is 2.22. The first-order valence-corrected chi connectivity index (χ1v) is 7.79. The fourth-order valence-corrected chi connectivity index (χ4v) is 2.63. The van der Waals surface area contributed by atoms with Crippen molar-refractivity contribution in [2.75, 3.05) is 19.6 Å². The number of nitrogens with two attached hydrogens (primary N) is 1. The molecule has 112 valence electrons. The number of carbonyl (C=O) groups excluding carboxylic acids is 1. The molecule has 0 aliphatic carbocycles. The smallest absolute Gasteiger partial charge is 0.223 e. The van der Waals surface area contributed by atoms with E-state index in [9.17, 15) is 4.79 Å². The largest absolute Gasteiger partial charge is 0.353 e. The van der Waals surface area contributed by atoms with Gasteiger partial charge >= 0.3 is 0 Å². The van der Waals surface area contributed by atoms with Crippen LogP contribution >= 0.6 is 0 Å². The molecule has 3 N–H and O–H groups in total. The van der Waals surface area contributed by atoms with E-state index in [0.717, 1.165) is 51.7 Å². The fraction of sp³-hybridized carbons (Fsp3) is 0.933. The van der Waals surface area contributed by atoms with Crippen LogP contribution < -0.4 is 11.1 Å². The maximum Gasteiger partial charge on any atom is 0.223 e. The number of nitrogens with one attached hydrogen (secondary N) is 1. The zero-order valence-electron chi connectivity index (χ0n) is 12.8. The van der Waals surface area contributed by atoms with Crippen molar-refractivity contribution in [3.63, 3.8) is 0 Å². The number of amides is 1. The van der Waals surface area contributed by atoms with Gasteiger partial charge in [0, 0.05) is 31.1 Å². The van der Waals surface area contributed by atoms with E-state index in [-0.39, 0.29) is 11.8 Å². The molecule has 1 aliphatic rings. The predicted molar refractivity (Wildman–Crippen MR) is 79.9 cm³/mol. The highest BCUT2D eigenvalue weighted by Gasteiger charge is 2.23. The molecule has 4 heteroatoms. The Morgan fingerprint density at radius 2 is 1.89 bits per heavy atom. The van der Waals surface area contributed by atoms with E-state index >= 15 is 0 Å². The average molecular weight is 269 g/mol. The van der Waals surface area contributed by atoms with E-state index in [4.69, 9.17) is 5.73 Å². The van der Waals surface area contributed by atoms with Gasteiger partial charge in [0.25, 0.3) is 0 Å². The lowest BCUT2D eigenvalue weighted by Gasteiger charge is -2.35. The van der Waals surface area contributed by atoms with E-state index in [1.165, 1.54) is 0 Å². The quantitative estimate of drug-likeness (QED) is 0.692. The highest BCUT2D eigenvalue weighted by Crippen LogP contribution is 2.14. The van der Waals surface area contributed by atoms with Gasteiger partial charge in [-0.15, -0.1) is 0 Å². The third kappa shape index (κ3) is 5.91. The zero-order chi connectivity index (χ0) is 14.3. The summed E-state index contributed by atoms with van der Waals surface area (Å²) in [5.41, 5.74) is 5.47. The van der Waals surface area contributed by atoms with Gasteiger partial charge in [-0.1, -0.05) is 13.3 Å². The van der Waals surface area contributed by atoms with Gasteiger partial charge in [-0.25, -0.2) is 0 Å². The lowest BCUT2D eigenvalue weighted by atomic mass is 10.00. The lowest BCUT2D eigenvalue weighted by Crippen LogP contribution is -2.47. The van der Waals surface area contributed by atoms with Crippen LogP contribution in [0.2, 0.25) is 0 Å². The molecule has 0 aromatic heterocycles. The zero-order valence-corrected chi connectivity index (χ0v) is 12.8. The summed E-state index contributed by atoms with van der Waals surface area (Å²) in [6, 6.07) is 0.992. The monoisotopic (exact) mass is 269 g/mol. The molecule has 0 unspecified atom stereocenters. The summed E-state index contributed by atoms with van der Waals surface area (Å²) in [5.74, 6) is 0.342. The van der Waals surface area contributed by atoms with E-state index in [2.05, 4.69) is 24.1 Å². The topological polar surface area (TPSA) is 58.4 Å². The van der Waals surface area contributed by atoms with Crippen molar-refractivity contribution in [2.24, 2.45) is 11.7 Å². The molecule has 0 aromatic rings. The highest BCUT2D eigenvalue weighted by molar-refractivity contribution is 5.78. The highest BCUT2D eigenvalue weighted by atomic mass is 16.1. The van der Waals surface area contributed by atoms with Gasteiger partial charge in [-0.05, 0) is 46.1 Å². The minimum atomic E-state index is 0.120. The molecule has 0 saturated carbocycles. The van der Waals surface area contributed by atoms with Crippen molar-refractivity contribution < 1.29 is 4.79 Å². The van der Waals surface area contributed by atoms with Crippen LogP contribution in [0.4, 0.5) is 0 Å². The Hall–Kier alpha value is -0.610. The summed E-state index contributed by atoms with van der Waals surface area (Å²) in [5, 5.41) is 3.21. The van der Waals surface area contributed by atoms with Gasteiger partial charge in [-0.3, -0.25) is 4.79 Å². The second kappa shape index (κ2) is 8.54. The Labute approximate surface area is 118 Å². The van der Waals surface area contributed by atoms with Gasteiger partial charge in [0.15, 0.2) is 0 Å². The molecule has 1 heterocycles. The second-order valence-electron chi connectivity index (χ2n) is 6.10. The molecule has 1 aliphatic heterocycles. The number of likely N-dealkylation sites (tertiary alicyclic amines) is 1. The summed E-state index contributed by atoms with van der Waals surface area (Å²) in [7, 11) is 0. The normalized spacial score (nSPS) is 19.6. The lowest BCUT2D eigenvalue weighted by molar-refractivity contribution is -0.125. The summed E-state index contributed by atoms with van der Waals surface area (Å²) in [4.78, 5) is 14.5. The molecule has 0 aromatic carbocycles. The molecule has 1 atom stereocenters. The van der Waals surface area contributed by atoms with Crippen LogP contribution in [-0.4, -0.2) is 42.5 Å². The molecule has 0 spiro atoms. The summed E-state index contributed by atoms with van der Waals surface area (Å²) < 4.78 is 0. The van der Waals surface area contributed by atoms with Crippen molar-refractivity contribution in [1.29, 1.82) is 0 Å².